The largest absolute Gasteiger partial charge is 0.507 e. The Hall–Kier alpha value is -3.44. The summed E-state index contributed by atoms with van der Waals surface area (Å²) in [7, 11) is 2.97. The van der Waals surface area contributed by atoms with Crippen molar-refractivity contribution in [2.45, 2.75) is 69.6 Å². The predicted molar refractivity (Wildman–Crippen MR) is 143 cm³/mol. The maximum absolute atomic E-state index is 14.3. The first-order chi connectivity index (χ1) is 19.2. The molecule has 4 aliphatic rings. The highest BCUT2D eigenvalue weighted by atomic mass is 16.5. The molecule has 220 valence electrons. The molecule has 11 nitrogen and oxygen atoms in total. The average molecular weight is 569 g/mol. The number of nitrogens with zero attached hydrogens (tertiary/aromatic N) is 1. The summed E-state index contributed by atoms with van der Waals surface area (Å²) in [5.41, 5.74) is 3.44. The standard InChI is InChI=1S/C30H36N2O9/c1-12-10-11-15(33)18-16(12)13(2)17-19(23(18)34)26(36)30(40)21(25(17)41-29(39)14-8-6-5-7-9-14)22(32(3)4)24(35)20(27(30)37)28(31)38/h10-11,13-14,17,19-22,25,33,40H,5-9H2,1-4H3,(H2,31,38)/t13-,17+,19?,20?,21+,22-,25-,30-/m1/s1. The van der Waals surface area contributed by atoms with Crippen molar-refractivity contribution in [3.05, 3.63) is 28.8 Å². The quantitative estimate of drug-likeness (QED) is 0.348. The topological polar surface area (TPSA) is 181 Å². The van der Waals surface area contributed by atoms with Crippen LogP contribution < -0.4 is 5.73 Å². The summed E-state index contributed by atoms with van der Waals surface area (Å²) in [6.45, 7) is 3.48. The number of ether oxygens (including phenoxy) is 1. The third-order valence-corrected chi connectivity index (χ3v) is 9.85. The number of carbonyl (C=O) groups excluding carboxylic acids is 6. The van der Waals surface area contributed by atoms with Crippen LogP contribution in [0.4, 0.5) is 0 Å². The van der Waals surface area contributed by atoms with Crippen LogP contribution >= 0.6 is 0 Å². The molecule has 0 aromatic heterocycles. The zero-order valence-corrected chi connectivity index (χ0v) is 23.6. The molecule has 0 heterocycles. The fourth-order valence-electron chi connectivity index (χ4n) is 7.97. The lowest BCUT2D eigenvalue weighted by Gasteiger charge is -2.56. The van der Waals surface area contributed by atoms with Crippen molar-refractivity contribution in [2.24, 2.45) is 35.3 Å². The van der Waals surface area contributed by atoms with E-state index in [4.69, 9.17) is 10.5 Å². The minimum atomic E-state index is -3.02. The molecule has 1 amide bonds. The van der Waals surface area contributed by atoms with E-state index in [9.17, 15) is 39.0 Å². The Balaban J connectivity index is 1.75. The Bertz CT molecular complexity index is 1360. The number of amides is 1. The molecule has 2 unspecified atom stereocenters. The number of hydrogen-bond donors (Lipinski definition) is 3. The summed E-state index contributed by atoms with van der Waals surface area (Å²) in [5.74, 6) is -14.1. The van der Waals surface area contributed by atoms with Crippen LogP contribution in [0.5, 0.6) is 5.75 Å². The lowest BCUT2D eigenvalue weighted by molar-refractivity contribution is -0.207. The van der Waals surface area contributed by atoms with E-state index >= 15 is 0 Å². The number of fused-ring (bicyclic) bond motifs is 3. The predicted octanol–water partition coefficient (Wildman–Crippen LogP) is 0.838. The first kappa shape index (κ1) is 29.1. The number of ketones is 4. The van der Waals surface area contributed by atoms with Crippen molar-refractivity contribution in [1.82, 2.24) is 4.90 Å². The van der Waals surface area contributed by atoms with E-state index in [1.165, 1.54) is 25.1 Å². The number of hydrogen-bond acceptors (Lipinski definition) is 10. The fraction of sp³-hybridized carbons (Fsp3) is 0.600. The first-order valence-electron chi connectivity index (χ1n) is 14.1. The SMILES string of the molecule is Cc1ccc(O)c2c1[C@@H](C)[C@H]1C(C2=O)C(=O)[C@@]2(O)C(=O)C(C(N)=O)C(=O)[C@H](N(C)C)[C@H]2[C@@H]1OC(=O)C1CCCCC1. The summed E-state index contributed by atoms with van der Waals surface area (Å²) in [5, 5.41) is 22.8. The van der Waals surface area contributed by atoms with Crippen molar-refractivity contribution in [3.63, 3.8) is 0 Å². The second-order valence-corrected chi connectivity index (χ2v) is 12.3. The number of phenolic OH excluding ortho intramolecular Hbond substituents is 1. The van der Waals surface area contributed by atoms with Crippen LogP contribution in [0, 0.1) is 36.5 Å². The van der Waals surface area contributed by atoms with E-state index < -0.39 is 88.3 Å². The Morgan fingerprint density at radius 1 is 1.05 bits per heavy atom. The van der Waals surface area contributed by atoms with E-state index in [2.05, 4.69) is 0 Å². The number of aliphatic hydroxyl groups is 1. The monoisotopic (exact) mass is 568 g/mol. The normalized spacial score (nSPS) is 35.5. The molecule has 1 aromatic carbocycles. The number of rotatable bonds is 4. The molecule has 0 bridgehead atoms. The van der Waals surface area contributed by atoms with Crippen LogP contribution in [0.2, 0.25) is 0 Å². The number of esters is 1. The van der Waals surface area contributed by atoms with Gasteiger partial charge >= 0.3 is 5.97 Å². The highest BCUT2D eigenvalue weighted by Gasteiger charge is 2.74. The zero-order chi connectivity index (χ0) is 30.1. The Kier molecular flexibility index (Phi) is 7.18. The van der Waals surface area contributed by atoms with Gasteiger partial charge in [-0.3, -0.25) is 33.7 Å². The van der Waals surface area contributed by atoms with Gasteiger partial charge < -0.3 is 20.7 Å². The van der Waals surface area contributed by atoms with Gasteiger partial charge in [0.1, 0.15) is 11.9 Å². The zero-order valence-electron chi connectivity index (χ0n) is 23.6. The maximum Gasteiger partial charge on any atom is 0.309 e. The van der Waals surface area contributed by atoms with Gasteiger partial charge in [0, 0.05) is 5.92 Å². The van der Waals surface area contributed by atoms with Crippen molar-refractivity contribution < 1.29 is 43.7 Å². The van der Waals surface area contributed by atoms with Crippen LogP contribution in [0.3, 0.4) is 0 Å². The molecule has 5 rings (SSSR count). The Morgan fingerprint density at radius 3 is 2.27 bits per heavy atom. The number of Topliss-reactive ketones (excluding diaryl/α,β-unsaturated/α-hetero) is 4. The van der Waals surface area contributed by atoms with E-state index in [-0.39, 0.29) is 11.3 Å². The average Bonchev–Trinajstić information content (AvgIpc) is 2.91. The van der Waals surface area contributed by atoms with Crippen molar-refractivity contribution in [3.8, 4) is 5.75 Å². The number of aryl methyl sites for hydroxylation is 1. The number of carbonyl (C=O) groups is 6. The van der Waals surface area contributed by atoms with Gasteiger partial charge in [-0.15, -0.1) is 0 Å². The molecule has 8 atom stereocenters. The van der Waals surface area contributed by atoms with Crippen molar-refractivity contribution in [1.29, 1.82) is 0 Å². The first-order valence-corrected chi connectivity index (χ1v) is 14.1. The molecular formula is C30H36N2O9. The highest BCUT2D eigenvalue weighted by Crippen LogP contribution is 2.56. The lowest BCUT2D eigenvalue weighted by atomic mass is 9.49. The third kappa shape index (κ3) is 4.07. The maximum atomic E-state index is 14.3. The Morgan fingerprint density at radius 2 is 1.68 bits per heavy atom. The van der Waals surface area contributed by atoms with Crippen LogP contribution in [0.1, 0.15) is 66.4 Å². The second-order valence-electron chi connectivity index (χ2n) is 12.3. The van der Waals surface area contributed by atoms with E-state index in [0.717, 1.165) is 19.3 Å². The summed E-state index contributed by atoms with van der Waals surface area (Å²) in [6.07, 6.45) is 2.36. The number of aromatic hydroxyl groups is 1. The van der Waals surface area contributed by atoms with Gasteiger partial charge in [-0.25, -0.2) is 0 Å². The second kappa shape index (κ2) is 10.1. The minimum Gasteiger partial charge on any atom is -0.507 e. The third-order valence-electron chi connectivity index (χ3n) is 9.85. The molecule has 0 aliphatic heterocycles. The van der Waals surface area contributed by atoms with Gasteiger partial charge in [-0.1, -0.05) is 32.3 Å². The number of phenols is 1. The molecule has 0 saturated heterocycles. The van der Waals surface area contributed by atoms with Crippen molar-refractivity contribution in [2.75, 3.05) is 14.1 Å². The number of nitrogens with two attached hydrogens (primary N) is 1. The van der Waals surface area contributed by atoms with Crippen molar-refractivity contribution >= 4 is 35.0 Å². The molecule has 3 fully saturated rings. The van der Waals surface area contributed by atoms with Crippen LogP contribution in [-0.4, -0.2) is 82.0 Å². The number of benzene rings is 1. The smallest absolute Gasteiger partial charge is 0.309 e. The molecule has 11 heteroatoms. The molecule has 3 saturated carbocycles. The van der Waals surface area contributed by atoms with Gasteiger partial charge in [0.15, 0.2) is 34.7 Å². The molecule has 0 radical (unpaired) electrons. The number of primary amides is 1. The fourth-order valence-corrected chi connectivity index (χ4v) is 7.97. The molecule has 41 heavy (non-hydrogen) atoms. The van der Waals surface area contributed by atoms with Crippen LogP contribution in [0.25, 0.3) is 0 Å². The molecule has 1 aromatic rings. The van der Waals surface area contributed by atoms with E-state index in [1.54, 1.807) is 19.9 Å². The molecule has 0 spiro atoms. The van der Waals surface area contributed by atoms with Gasteiger partial charge in [0.2, 0.25) is 5.91 Å². The minimum absolute atomic E-state index is 0.0959. The molecular weight excluding hydrogens is 532 g/mol. The van der Waals surface area contributed by atoms with Gasteiger partial charge in [-0.05, 0) is 57.0 Å². The molecule has 4 aliphatic carbocycles. The molecule has 4 N–H and O–H groups in total. The van der Waals surface area contributed by atoms with Crippen LogP contribution in [0.15, 0.2) is 12.1 Å². The summed E-state index contributed by atoms with van der Waals surface area (Å²) < 4.78 is 6.15. The lowest BCUT2D eigenvalue weighted by Crippen LogP contribution is -2.78. The number of likely N-dealkylation sites (N-methyl/N-ethyl adjacent to an activating group) is 1. The van der Waals surface area contributed by atoms with Gasteiger partial charge in [0.05, 0.1) is 29.4 Å². The Labute approximate surface area is 237 Å². The van der Waals surface area contributed by atoms with Crippen LogP contribution in [-0.2, 0) is 28.7 Å². The van der Waals surface area contributed by atoms with E-state index in [0.29, 0.717) is 24.0 Å². The highest BCUT2D eigenvalue weighted by molar-refractivity contribution is 6.32. The van der Waals surface area contributed by atoms with Gasteiger partial charge in [-0.2, -0.15) is 0 Å². The van der Waals surface area contributed by atoms with E-state index in [1.807, 2.05) is 0 Å². The van der Waals surface area contributed by atoms with Gasteiger partial charge in [0.25, 0.3) is 0 Å². The summed E-state index contributed by atoms with van der Waals surface area (Å²) in [6, 6.07) is 1.56. The summed E-state index contributed by atoms with van der Waals surface area (Å²) >= 11 is 0. The summed E-state index contributed by atoms with van der Waals surface area (Å²) in [4.78, 5) is 83.0.